The summed E-state index contributed by atoms with van der Waals surface area (Å²) < 4.78 is 26.0. The minimum absolute atomic E-state index is 0.242. The quantitative estimate of drug-likeness (QED) is 0.836. The third-order valence-corrected chi connectivity index (χ3v) is 3.38. The van der Waals surface area contributed by atoms with Gasteiger partial charge >= 0.3 is 0 Å². The zero-order valence-electron chi connectivity index (χ0n) is 9.26. The molecule has 2 N–H and O–H groups in total. The second kappa shape index (κ2) is 4.91. The zero-order valence-corrected chi connectivity index (χ0v) is 9.26. The minimum Gasteiger partial charge on any atom is -0.324 e. The number of hydrogen-bond donors (Lipinski definition) is 1. The van der Waals surface area contributed by atoms with Crippen molar-refractivity contribution in [2.75, 3.05) is 0 Å². The zero-order chi connectivity index (χ0) is 11.5. The van der Waals surface area contributed by atoms with Crippen molar-refractivity contribution in [3.05, 3.63) is 35.4 Å². The van der Waals surface area contributed by atoms with E-state index in [1.165, 1.54) is 37.8 Å². The summed E-state index contributed by atoms with van der Waals surface area (Å²) in [6.45, 7) is 0. The van der Waals surface area contributed by atoms with Crippen molar-refractivity contribution >= 4 is 0 Å². The Morgan fingerprint density at radius 3 is 2.25 bits per heavy atom. The summed E-state index contributed by atoms with van der Waals surface area (Å²) in [5.41, 5.74) is 6.55. The van der Waals surface area contributed by atoms with Crippen LogP contribution in [0.5, 0.6) is 0 Å². The van der Waals surface area contributed by atoms with E-state index in [4.69, 9.17) is 5.73 Å². The fraction of sp³-hybridized carbons (Fsp3) is 0.538. The van der Waals surface area contributed by atoms with E-state index in [-0.39, 0.29) is 6.04 Å². The van der Waals surface area contributed by atoms with E-state index >= 15 is 0 Å². The summed E-state index contributed by atoms with van der Waals surface area (Å²) >= 11 is 0. The molecule has 1 atom stereocenters. The Morgan fingerprint density at radius 1 is 1.12 bits per heavy atom. The van der Waals surface area contributed by atoms with Gasteiger partial charge in [-0.3, -0.25) is 0 Å². The van der Waals surface area contributed by atoms with Gasteiger partial charge in [-0.15, -0.1) is 0 Å². The number of rotatable bonds is 3. The Hall–Kier alpha value is -0.960. The highest BCUT2D eigenvalue weighted by Crippen LogP contribution is 2.32. The summed E-state index contributed by atoms with van der Waals surface area (Å²) in [6.07, 6.45) is 5.75. The van der Waals surface area contributed by atoms with Crippen molar-refractivity contribution in [2.24, 2.45) is 11.7 Å². The Kier molecular flexibility index (Phi) is 3.54. The summed E-state index contributed by atoms with van der Waals surface area (Å²) in [4.78, 5) is 0. The molecule has 1 aliphatic rings. The van der Waals surface area contributed by atoms with E-state index in [2.05, 4.69) is 0 Å². The number of hydrogen-bond acceptors (Lipinski definition) is 1. The van der Waals surface area contributed by atoms with Crippen LogP contribution in [0.3, 0.4) is 0 Å². The maximum Gasteiger partial charge on any atom is 0.126 e. The second-order valence-corrected chi connectivity index (χ2v) is 4.70. The maximum absolute atomic E-state index is 13.0. The molecule has 3 heteroatoms. The average Bonchev–Trinajstić information content (AvgIpc) is 2.68. The molecule has 1 saturated carbocycles. The fourth-order valence-electron chi connectivity index (χ4n) is 2.53. The van der Waals surface area contributed by atoms with E-state index < -0.39 is 11.6 Å². The molecule has 0 radical (unpaired) electrons. The van der Waals surface area contributed by atoms with E-state index in [1.54, 1.807) is 0 Å². The minimum atomic E-state index is -0.545. The Morgan fingerprint density at radius 2 is 1.69 bits per heavy atom. The van der Waals surface area contributed by atoms with Crippen molar-refractivity contribution in [1.29, 1.82) is 0 Å². The fourth-order valence-corrected chi connectivity index (χ4v) is 2.53. The summed E-state index contributed by atoms with van der Waals surface area (Å²) in [7, 11) is 0. The predicted molar refractivity (Wildman–Crippen MR) is 59.9 cm³/mol. The lowest BCUT2D eigenvalue weighted by Gasteiger charge is -2.16. The molecule has 1 aromatic rings. The molecule has 0 heterocycles. The van der Waals surface area contributed by atoms with Crippen molar-refractivity contribution in [3.63, 3.8) is 0 Å². The van der Waals surface area contributed by atoms with Gasteiger partial charge < -0.3 is 5.73 Å². The van der Waals surface area contributed by atoms with Crippen molar-refractivity contribution in [1.82, 2.24) is 0 Å². The first-order valence-electron chi connectivity index (χ1n) is 5.87. The first-order valence-corrected chi connectivity index (χ1v) is 5.87. The Labute approximate surface area is 94.7 Å². The van der Waals surface area contributed by atoms with Gasteiger partial charge in [-0.05, 0) is 30.0 Å². The molecule has 1 nitrogen and oxygen atoms in total. The third-order valence-electron chi connectivity index (χ3n) is 3.38. The molecule has 0 aromatic heterocycles. The first-order chi connectivity index (χ1) is 7.65. The molecule has 1 unspecified atom stereocenters. The van der Waals surface area contributed by atoms with Crippen LogP contribution >= 0.6 is 0 Å². The van der Waals surface area contributed by atoms with Crippen LogP contribution in [0, 0.1) is 17.6 Å². The van der Waals surface area contributed by atoms with Gasteiger partial charge in [0.2, 0.25) is 0 Å². The van der Waals surface area contributed by atoms with Gasteiger partial charge in [0.15, 0.2) is 0 Å². The van der Waals surface area contributed by atoms with Crippen LogP contribution in [-0.2, 0) is 0 Å². The van der Waals surface area contributed by atoms with Gasteiger partial charge in [0, 0.05) is 12.1 Å². The lowest BCUT2D eigenvalue weighted by molar-refractivity contribution is 0.447. The van der Waals surface area contributed by atoms with Gasteiger partial charge in [-0.25, -0.2) is 8.78 Å². The van der Waals surface area contributed by atoms with E-state index in [9.17, 15) is 8.78 Å². The van der Waals surface area contributed by atoms with Crippen LogP contribution in [0.4, 0.5) is 8.78 Å². The van der Waals surface area contributed by atoms with Crippen LogP contribution in [0.25, 0.3) is 0 Å². The molecule has 0 saturated heterocycles. The molecule has 1 aliphatic carbocycles. The first kappa shape index (κ1) is 11.5. The average molecular weight is 225 g/mol. The number of benzene rings is 1. The Bertz CT molecular complexity index is 339. The standard InChI is InChI=1S/C13H17F2N/c14-11-6-10(7-12(15)8-11)13(16)5-9-3-1-2-4-9/h6-9,13H,1-5,16H2. The van der Waals surface area contributed by atoms with Gasteiger partial charge in [0.1, 0.15) is 11.6 Å². The van der Waals surface area contributed by atoms with Crippen molar-refractivity contribution in [3.8, 4) is 0 Å². The predicted octanol–water partition coefficient (Wildman–Crippen LogP) is 3.54. The van der Waals surface area contributed by atoms with Crippen LogP contribution in [0.15, 0.2) is 18.2 Å². The normalized spacial score (nSPS) is 18.9. The van der Waals surface area contributed by atoms with Crippen LogP contribution < -0.4 is 5.73 Å². The lowest BCUT2D eigenvalue weighted by Crippen LogP contribution is -2.14. The van der Waals surface area contributed by atoms with Crippen LogP contribution in [0.1, 0.15) is 43.7 Å². The molecular formula is C13H17F2N. The summed E-state index contributed by atoms with van der Waals surface area (Å²) in [5, 5.41) is 0. The molecule has 2 rings (SSSR count). The van der Waals surface area contributed by atoms with Crippen LogP contribution in [0.2, 0.25) is 0 Å². The largest absolute Gasteiger partial charge is 0.324 e. The topological polar surface area (TPSA) is 26.0 Å². The summed E-state index contributed by atoms with van der Waals surface area (Å²) in [6, 6.07) is 3.31. The van der Waals surface area contributed by atoms with Gasteiger partial charge in [-0.1, -0.05) is 25.7 Å². The maximum atomic E-state index is 13.0. The third kappa shape index (κ3) is 2.79. The van der Waals surface area contributed by atoms with Gasteiger partial charge in [0.05, 0.1) is 0 Å². The molecule has 88 valence electrons. The highest BCUT2D eigenvalue weighted by atomic mass is 19.1. The molecule has 0 bridgehead atoms. The second-order valence-electron chi connectivity index (χ2n) is 4.70. The van der Waals surface area contributed by atoms with E-state index in [0.29, 0.717) is 11.5 Å². The molecule has 0 amide bonds. The van der Waals surface area contributed by atoms with Crippen molar-refractivity contribution < 1.29 is 8.78 Å². The SMILES string of the molecule is NC(CC1CCCC1)c1cc(F)cc(F)c1. The lowest BCUT2D eigenvalue weighted by atomic mass is 9.94. The van der Waals surface area contributed by atoms with Crippen molar-refractivity contribution in [2.45, 2.75) is 38.1 Å². The van der Waals surface area contributed by atoms with E-state index in [1.807, 2.05) is 0 Å². The van der Waals surface area contributed by atoms with Gasteiger partial charge in [0.25, 0.3) is 0 Å². The molecule has 1 fully saturated rings. The summed E-state index contributed by atoms with van der Waals surface area (Å²) in [5.74, 6) is -0.463. The molecule has 1 aromatic carbocycles. The highest BCUT2D eigenvalue weighted by molar-refractivity contribution is 5.21. The molecule has 0 spiro atoms. The number of halogens is 2. The van der Waals surface area contributed by atoms with Gasteiger partial charge in [-0.2, -0.15) is 0 Å². The Balaban J connectivity index is 2.04. The molecule has 16 heavy (non-hydrogen) atoms. The van der Waals surface area contributed by atoms with E-state index in [0.717, 1.165) is 12.5 Å². The molecular weight excluding hydrogens is 208 g/mol. The number of nitrogens with two attached hydrogens (primary N) is 1. The van der Waals surface area contributed by atoms with Crippen LogP contribution in [-0.4, -0.2) is 0 Å². The highest BCUT2D eigenvalue weighted by Gasteiger charge is 2.19. The molecule has 0 aliphatic heterocycles. The monoisotopic (exact) mass is 225 g/mol. The smallest absolute Gasteiger partial charge is 0.126 e.